The highest BCUT2D eigenvalue weighted by molar-refractivity contribution is 5.61. The van der Waals surface area contributed by atoms with Crippen molar-refractivity contribution in [3.05, 3.63) is 72.6 Å². The summed E-state index contributed by atoms with van der Waals surface area (Å²) in [6.07, 6.45) is 6.14. The van der Waals surface area contributed by atoms with Gasteiger partial charge in [0.1, 0.15) is 11.5 Å². The molecule has 3 rings (SSSR count). The normalized spacial score (nSPS) is 10.0. The largest absolute Gasteiger partial charge is 0.271 e. The van der Waals surface area contributed by atoms with Crippen molar-refractivity contribution in [1.29, 1.82) is 0 Å². The van der Waals surface area contributed by atoms with Gasteiger partial charge in [0.25, 0.3) is 0 Å². The average Bonchev–Trinajstić information content (AvgIpc) is 3.02. The Morgan fingerprint density at radius 2 is 1.91 bits per heavy atom. The lowest BCUT2D eigenvalue weighted by molar-refractivity contribution is 0.628. The van der Waals surface area contributed by atoms with E-state index in [9.17, 15) is 4.39 Å². The summed E-state index contributed by atoms with van der Waals surface area (Å²) >= 11 is 0. The van der Waals surface area contributed by atoms with E-state index in [-0.39, 0.29) is 5.82 Å². The lowest BCUT2D eigenvalue weighted by Gasteiger charge is -1.97. The van der Waals surface area contributed by atoms with Gasteiger partial charge in [-0.25, -0.2) is 9.37 Å². The molecule has 3 aromatic rings. The first-order valence-corrected chi connectivity index (χ1v) is 6.99. The van der Waals surface area contributed by atoms with E-state index in [0.29, 0.717) is 13.0 Å². The van der Waals surface area contributed by atoms with Crippen LogP contribution in [-0.4, -0.2) is 14.8 Å². The summed E-state index contributed by atoms with van der Waals surface area (Å²) in [5, 5.41) is 4.30. The van der Waals surface area contributed by atoms with Gasteiger partial charge in [-0.05, 0) is 35.7 Å². The number of benzene rings is 1. The first-order valence-electron chi connectivity index (χ1n) is 6.99. The maximum Gasteiger partial charge on any atom is 0.123 e. The summed E-state index contributed by atoms with van der Waals surface area (Å²) in [7, 11) is 0. The van der Waals surface area contributed by atoms with E-state index >= 15 is 0 Å². The van der Waals surface area contributed by atoms with Crippen LogP contribution >= 0.6 is 0 Å². The Hall–Kier alpha value is -2.93. The van der Waals surface area contributed by atoms with E-state index in [4.69, 9.17) is 0 Å². The minimum atomic E-state index is -0.235. The molecule has 0 aliphatic carbocycles. The van der Waals surface area contributed by atoms with Crippen molar-refractivity contribution in [2.45, 2.75) is 13.0 Å². The summed E-state index contributed by atoms with van der Waals surface area (Å²) in [5.74, 6) is 5.86. The number of aromatic nitrogens is 3. The summed E-state index contributed by atoms with van der Waals surface area (Å²) < 4.78 is 14.8. The third kappa shape index (κ3) is 3.58. The van der Waals surface area contributed by atoms with Gasteiger partial charge >= 0.3 is 0 Å². The number of aryl methyl sites for hydroxylation is 1. The zero-order chi connectivity index (χ0) is 15.2. The predicted molar refractivity (Wildman–Crippen MR) is 83.4 cm³/mol. The monoisotopic (exact) mass is 291 g/mol. The third-order valence-electron chi connectivity index (χ3n) is 3.16. The van der Waals surface area contributed by atoms with Crippen LogP contribution in [0.25, 0.3) is 11.1 Å². The lowest BCUT2D eigenvalue weighted by Crippen LogP contribution is -1.96. The van der Waals surface area contributed by atoms with Crippen molar-refractivity contribution < 1.29 is 4.39 Å². The second kappa shape index (κ2) is 6.68. The minimum absolute atomic E-state index is 0.235. The maximum absolute atomic E-state index is 12.9. The quantitative estimate of drug-likeness (QED) is 0.691. The fourth-order valence-corrected chi connectivity index (χ4v) is 2.04. The van der Waals surface area contributed by atoms with E-state index in [2.05, 4.69) is 21.9 Å². The van der Waals surface area contributed by atoms with E-state index in [1.807, 2.05) is 29.1 Å². The van der Waals surface area contributed by atoms with Crippen LogP contribution in [0.1, 0.15) is 12.1 Å². The fourth-order valence-electron chi connectivity index (χ4n) is 2.04. The third-order valence-corrected chi connectivity index (χ3v) is 3.16. The molecule has 0 amide bonds. The summed E-state index contributed by atoms with van der Waals surface area (Å²) in [6.45, 7) is 0.709. The molecule has 0 fully saturated rings. The Bertz CT molecular complexity index is 796. The fraction of sp³-hybridized carbons (Fsp3) is 0.111. The van der Waals surface area contributed by atoms with Gasteiger partial charge in [-0.1, -0.05) is 24.1 Å². The van der Waals surface area contributed by atoms with Crippen LogP contribution in [0.5, 0.6) is 0 Å². The molecule has 0 unspecified atom stereocenters. The van der Waals surface area contributed by atoms with Gasteiger partial charge in [0.15, 0.2) is 0 Å². The van der Waals surface area contributed by atoms with Crippen molar-refractivity contribution in [2.24, 2.45) is 0 Å². The van der Waals surface area contributed by atoms with E-state index in [0.717, 1.165) is 16.8 Å². The summed E-state index contributed by atoms with van der Waals surface area (Å²) in [6, 6.07) is 12.1. The Morgan fingerprint density at radius 3 is 2.68 bits per heavy atom. The molecule has 2 heterocycles. The average molecular weight is 291 g/mol. The van der Waals surface area contributed by atoms with Gasteiger partial charge in [-0.3, -0.25) is 4.68 Å². The molecule has 0 atom stereocenters. The van der Waals surface area contributed by atoms with Crippen LogP contribution in [-0.2, 0) is 6.54 Å². The molecule has 0 saturated heterocycles. The SMILES string of the molecule is Fc1ccc(-c2cnn(CCC#Cc3ccccn3)c2)cc1. The zero-order valence-electron chi connectivity index (χ0n) is 11.9. The van der Waals surface area contributed by atoms with Gasteiger partial charge in [-0.15, -0.1) is 0 Å². The van der Waals surface area contributed by atoms with Gasteiger partial charge in [0, 0.05) is 24.4 Å². The Balaban J connectivity index is 1.61. The number of rotatable bonds is 3. The Labute approximate surface area is 128 Å². The molecule has 2 aromatic heterocycles. The highest BCUT2D eigenvalue weighted by atomic mass is 19.1. The molecular formula is C18H14FN3. The smallest absolute Gasteiger partial charge is 0.123 e. The molecule has 0 radical (unpaired) electrons. The molecule has 0 bridgehead atoms. The molecule has 108 valence electrons. The molecule has 22 heavy (non-hydrogen) atoms. The van der Waals surface area contributed by atoms with Crippen LogP contribution in [0.15, 0.2) is 61.1 Å². The van der Waals surface area contributed by atoms with Gasteiger partial charge in [-0.2, -0.15) is 5.10 Å². The Morgan fingerprint density at radius 1 is 1.05 bits per heavy atom. The van der Waals surface area contributed by atoms with Gasteiger partial charge < -0.3 is 0 Å². The van der Waals surface area contributed by atoms with E-state index < -0.39 is 0 Å². The molecule has 0 aliphatic heterocycles. The molecule has 3 nitrogen and oxygen atoms in total. The molecule has 1 aromatic carbocycles. The van der Waals surface area contributed by atoms with Gasteiger partial charge in [0.2, 0.25) is 0 Å². The second-order valence-corrected chi connectivity index (χ2v) is 4.77. The zero-order valence-corrected chi connectivity index (χ0v) is 11.9. The number of halogens is 1. The molecule has 0 N–H and O–H groups in total. The second-order valence-electron chi connectivity index (χ2n) is 4.77. The minimum Gasteiger partial charge on any atom is -0.271 e. The molecule has 0 saturated carbocycles. The highest BCUT2D eigenvalue weighted by Crippen LogP contribution is 2.18. The molecule has 0 spiro atoms. The van der Waals surface area contributed by atoms with Crippen LogP contribution in [0.2, 0.25) is 0 Å². The van der Waals surface area contributed by atoms with E-state index in [1.54, 1.807) is 24.5 Å². The first-order chi connectivity index (χ1) is 10.8. The van der Waals surface area contributed by atoms with Crippen molar-refractivity contribution in [1.82, 2.24) is 14.8 Å². The number of pyridine rings is 1. The highest BCUT2D eigenvalue weighted by Gasteiger charge is 2.01. The molecule has 4 heteroatoms. The Kier molecular flexibility index (Phi) is 4.26. The summed E-state index contributed by atoms with van der Waals surface area (Å²) in [4.78, 5) is 4.15. The molecule has 0 aliphatic rings. The van der Waals surface area contributed by atoms with Crippen LogP contribution in [0, 0.1) is 17.7 Å². The van der Waals surface area contributed by atoms with Crippen LogP contribution in [0.4, 0.5) is 4.39 Å². The van der Waals surface area contributed by atoms with E-state index in [1.165, 1.54) is 12.1 Å². The lowest BCUT2D eigenvalue weighted by atomic mass is 10.1. The number of hydrogen-bond acceptors (Lipinski definition) is 2. The van der Waals surface area contributed by atoms with Crippen molar-refractivity contribution in [3.63, 3.8) is 0 Å². The van der Waals surface area contributed by atoms with Crippen molar-refractivity contribution >= 4 is 0 Å². The predicted octanol–water partition coefficient (Wildman–Crippen LogP) is 3.53. The van der Waals surface area contributed by atoms with Crippen molar-refractivity contribution in [2.75, 3.05) is 0 Å². The number of hydrogen-bond donors (Lipinski definition) is 0. The maximum atomic E-state index is 12.9. The van der Waals surface area contributed by atoms with Gasteiger partial charge in [0.05, 0.1) is 12.7 Å². The standard InChI is InChI=1S/C18H14FN3/c19-17-9-7-15(8-10-17)16-13-21-22(14-16)12-4-2-6-18-5-1-3-11-20-18/h1,3,5,7-11,13-14H,4,12H2. The van der Waals surface area contributed by atoms with Crippen LogP contribution < -0.4 is 0 Å². The first kappa shape index (κ1) is 14.0. The van der Waals surface area contributed by atoms with Crippen molar-refractivity contribution in [3.8, 4) is 23.0 Å². The molecular weight excluding hydrogens is 277 g/mol. The number of nitrogens with zero attached hydrogens (tertiary/aromatic N) is 3. The topological polar surface area (TPSA) is 30.7 Å². The summed E-state index contributed by atoms with van der Waals surface area (Å²) in [5.41, 5.74) is 2.69. The van der Waals surface area contributed by atoms with Crippen LogP contribution in [0.3, 0.4) is 0 Å².